The number of rotatable bonds is 9. The van der Waals surface area contributed by atoms with Gasteiger partial charge in [-0.15, -0.1) is 0 Å². The smallest absolute Gasteiger partial charge is 0.303 e. The maximum atomic E-state index is 11.6. The molecular formula is C19H23NO5S2. The van der Waals surface area contributed by atoms with Crippen LogP contribution < -0.4 is 5.32 Å². The second kappa shape index (κ2) is 10.0. The molecule has 6 nitrogen and oxygen atoms in total. The Kier molecular flexibility index (Phi) is 8.00. The Morgan fingerprint density at radius 3 is 2.19 bits per heavy atom. The van der Waals surface area contributed by atoms with Gasteiger partial charge in [-0.3, -0.25) is 4.79 Å². The second-order valence-corrected chi connectivity index (χ2v) is 8.84. The highest BCUT2D eigenvalue weighted by molar-refractivity contribution is 7.91. The van der Waals surface area contributed by atoms with Crippen LogP contribution in [0, 0.1) is 0 Å². The van der Waals surface area contributed by atoms with E-state index in [1.54, 1.807) is 36.8 Å². The van der Waals surface area contributed by atoms with Crippen molar-refractivity contribution >= 4 is 28.3 Å². The van der Waals surface area contributed by atoms with Crippen LogP contribution in [0.3, 0.4) is 0 Å². The highest BCUT2D eigenvalue weighted by Gasteiger charge is 2.20. The Balaban J connectivity index is 2.30. The van der Waals surface area contributed by atoms with Gasteiger partial charge < -0.3 is 24.6 Å². The van der Waals surface area contributed by atoms with Crippen LogP contribution in [-0.2, 0) is 27.1 Å². The predicted molar refractivity (Wildman–Crippen MR) is 106 cm³/mol. The predicted octanol–water partition coefficient (Wildman–Crippen LogP) is 2.41. The molecule has 0 aliphatic heterocycles. The third-order valence-corrected chi connectivity index (χ3v) is 5.96. The summed E-state index contributed by atoms with van der Waals surface area (Å²) >= 11 is -2.29. The van der Waals surface area contributed by atoms with Gasteiger partial charge in [0.25, 0.3) is 0 Å². The number of aromatic hydroxyl groups is 1. The zero-order chi connectivity index (χ0) is 20.0. The molecule has 2 rings (SSSR count). The molecule has 0 fully saturated rings. The van der Waals surface area contributed by atoms with E-state index in [0.717, 1.165) is 5.56 Å². The van der Waals surface area contributed by atoms with Gasteiger partial charge >= 0.3 is 5.97 Å². The molecule has 0 saturated carbocycles. The third kappa shape index (κ3) is 6.15. The summed E-state index contributed by atoms with van der Waals surface area (Å²) in [5, 5.41) is 22.5. The van der Waals surface area contributed by atoms with Crippen molar-refractivity contribution in [1.29, 1.82) is 0 Å². The lowest BCUT2D eigenvalue weighted by molar-refractivity contribution is -0.137. The van der Waals surface area contributed by atoms with Gasteiger partial charge in [0.05, 0.1) is 6.04 Å². The first-order valence-electron chi connectivity index (χ1n) is 8.34. The third-order valence-electron chi connectivity index (χ3n) is 4.11. The van der Waals surface area contributed by atoms with Gasteiger partial charge in [-0.2, -0.15) is 0 Å². The van der Waals surface area contributed by atoms with E-state index in [4.69, 9.17) is 5.11 Å². The lowest BCUT2D eigenvalue weighted by Crippen LogP contribution is -2.24. The quantitative estimate of drug-likeness (QED) is 0.433. The Morgan fingerprint density at radius 1 is 1.07 bits per heavy atom. The summed E-state index contributed by atoms with van der Waals surface area (Å²) in [6, 6.07) is 11.7. The van der Waals surface area contributed by atoms with Crippen molar-refractivity contribution < 1.29 is 24.1 Å². The number of nitrogens with one attached hydrogen (secondary N) is 1. The van der Waals surface area contributed by atoms with Gasteiger partial charge in [-0.25, -0.2) is 0 Å². The maximum absolute atomic E-state index is 11.6. The van der Waals surface area contributed by atoms with Gasteiger partial charge in [-0.05, 0) is 65.1 Å². The number of aliphatic carboxylic acids is 1. The van der Waals surface area contributed by atoms with E-state index in [1.165, 1.54) is 6.07 Å². The molecule has 0 aliphatic rings. The monoisotopic (exact) mass is 409 g/mol. The van der Waals surface area contributed by atoms with E-state index >= 15 is 0 Å². The first-order valence-corrected chi connectivity index (χ1v) is 11.5. The number of phenols is 1. The van der Waals surface area contributed by atoms with Crippen molar-refractivity contribution in [1.82, 2.24) is 5.32 Å². The van der Waals surface area contributed by atoms with Gasteiger partial charge in [0, 0.05) is 18.1 Å². The van der Waals surface area contributed by atoms with Crippen LogP contribution in [0.25, 0.3) is 0 Å². The summed E-state index contributed by atoms with van der Waals surface area (Å²) in [6.45, 7) is 0.444. The highest BCUT2D eigenvalue weighted by atomic mass is 32.2. The summed E-state index contributed by atoms with van der Waals surface area (Å²) in [7, 11) is 0. The Morgan fingerprint density at radius 2 is 1.67 bits per heavy atom. The van der Waals surface area contributed by atoms with E-state index in [9.17, 15) is 19.0 Å². The Bertz CT molecular complexity index is 765. The van der Waals surface area contributed by atoms with Crippen molar-refractivity contribution in [2.45, 2.75) is 28.7 Å². The van der Waals surface area contributed by atoms with Crippen molar-refractivity contribution in [2.75, 3.05) is 19.1 Å². The van der Waals surface area contributed by atoms with Crippen LogP contribution in [0.1, 0.15) is 30.0 Å². The average Bonchev–Trinajstić information content (AvgIpc) is 2.62. The first kappa shape index (κ1) is 21.6. The molecule has 3 unspecified atom stereocenters. The van der Waals surface area contributed by atoms with Crippen molar-refractivity contribution in [2.24, 2.45) is 0 Å². The SMILES string of the molecule is C[S+]([O-])c1ccc(C(NCCCC(=O)O)c2ccc([S+](C)[O-])cc2O)cc1. The minimum Gasteiger partial charge on any atom is -0.612 e. The summed E-state index contributed by atoms with van der Waals surface area (Å²) in [5.74, 6) is -0.845. The van der Waals surface area contributed by atoms with Gasteiger partial charge in [0.2, 0.25) is 0 Å². The van der Waals surface area contributed by atoms with Crippen LogP contribution in [-0.4, -0.2) is 44.3 Å². The van der Waals surface area contributed by atoms with Gasteiger partial charge in [-0.1, -0.05) is 12.1 Å². The minimum absolute atomic E-state index is 0.0154. The number of benzene rings is 2. The average molecular weight is 410 g/mol. The molecule has 0 radical (unpaired) electrons. The molecule has 0 amide bonds. The van der Waals surface area contributed by atoms with E-state index in [1.807, 2.05) is 12.1 Å². The molecule has 3 atom stereocenters. The number of phenolic OH excluding ortho intramolecular Hbond substituents is 1. The molecule has 0 aliphatic carbocycles. The van der Waals surface area contributed by atoms with Gasteiger partial charge in [0.1, 0.15) is 18.3 Å². The molecule has 146 valence electrons. The number of hydrogen-bond acceptors (Lipinski definition) is 5. The Labute approximate surface area is 165 Å². The molecule has 2 aromatic carbocycles. The van der Waals surface area contributed by atoms with Crippen LogP contribution in [0.5, 0.6) is 5.75 Å². The lowest BCUT2D eigenvalue weighted by Gasteiger charge is -2.21. The van der Waals surface area contributed by atoms with Crippen molar-refractivity contribution in [3.8, 4) is 5.75 Å². The number of carboxylic acid groups (broad SMARTS) is 1. The van der Waals surface area contributed by atoms with Gasteiger partial charge in [0.15, 0.2) is 9.79 Å². The number of hydrogen-bond donors (Lipinski definition) is 3. The summed E-state index contributed by atoms with van der Waals surface area (Å²) in [5.41, 5.74) is 1.45. The summed E-state index contributed by atoms with van der Waals surface area (Å²) in [4.78, 5) is 11.9. The minimum atomic E-state index is -1.21. The first-order chi connectivity index (χ1) is 12.8. The maximum Gasteiger partial charge on any atom is 0.303 e. The zero-order valence-corrected chi connectivity index (χ0v) is 16.8. The van der Waals surface area contributed by atoms with E-state index in [-0.39, 0.29) is 18.2 Å². The molecule has 2 aromatic rings. The molecular weight excluding hydrogens is 386 g/mol. The van der Waals surface area contributed by atoms with Crippen LogP contribution >= 0.6 is 0 Å². The van der Waals surface area contributed by atoms with Crippen molar-refractivity contribution in [3.05, 3.63) is 53.6 Å². The van der Waals surface area contributed by atoms with Crippen LogP contribution in [0.15, 0.2) is 52.3 Å². The molecule has 8 heteroatoms. The Hall–Kier alpha value is -1.71. The zero-order valence-electron chi connectivity index (χ0n) is 15.2. The summed E-state index contributed by atoms with van der Waals surface area (Å²) < 4.78 is 23.2. The fourth-order valence-corrected chi connectivity index (χ4v) is 3.75. The number of carboxylic acids is 1. The summed E-state index contributed by atoms with van der Waals surface area (Å²) in [6.07, 6.45) is 3.64. The molecule has 0 bridgehead atoms. The fraction of sp³-hybridized carbons (Fsp3) is 0.316. The second-order valence-electron chi connectivity index (χ2n) is 6.08. The van der Waals surface area contributed by atoms with E-state index < -0.39 is 28.3 Å². The topological polar surface area (TPSA) is 116 Å². The number of carbonyl (C=O) groups is 1. The fourth-order valence-electron chi connectivity index (χ4n) is 2.69. The largest absolute Gasteiger partial charge is 0.612 e. The lowest BCUT2D eigenvalue weighted by atomic mass is 9.97. The van der Waals surface area contributed by atoms with E-state index in [0.29, 0.717) is 28.3 Å². The molecule has 0 spiro atoms. The standard InChI is InChI=1S/C19H23NO5S2/c1-26(24)14-7-5-13(6-8-14)19(20-11-3-4-18(22)23)16-10-9-15(27(2)25)12-17(16)21/h5-10,12,19-21H,3-4,11H2,1-2H3,(H,22,23). The molecule has 27 heavy (non-hydrogen) atoms. The normalized spacial score (nSPS) is 14.5. The van der Waals surface area contributed by atoms with Crippen LogP contribution in [0.4, 0.5) is 0 Å². The highest BCUT2D eigenvalue weighted by Crippen LogP contribution is 2.32. The van der Waals surface area contributed by atoms with E-state index in [2.05, 4.69) is 5.32 Å². The van der Waals surface area contributed by atoms with Crippen molar-refractivity contribution in [3.63, 3.8) is 0 Å². The molecule has 0 heterocycles. The van der Waals surface area contributed by atoms with Crippen LogP contribution in [0.2, 0.25) is 0 Å². The molecule has 0 saturated heterocycles. The molecule has 0 aromatic heterocycles. The molecule has 3 N–H and O–H groups in total.